The number of aryl methyl sites for hydroxylation is 1. The van der Waals surface area contributed by atoms with Crippen molar-refractivity contribution in [3.8, 4) is 0 Å². The first-order valence-electron chi connectivity index (χ1n) is 7.33. The van der Waals surface area contributed by atoms with E-state index in [4.69, 9.17) is 0 Å². The van der Waals surface area contributed by atoms with Crippen molar-refractivity contribution in [1.82, 2.24) is 19.7 Å². The molecule has 0 spiro atoms. The fraction of sp³-hybridized carbons (Fsp3) is 0.467. The zero-order valence-corrected chi connectivity index (χ0v) is 13.1. The number of anilines is 2. The van der Waals surface area contributed by atoms with E-state index in [0.717, 1.165) is 24.6 Å². The third-order valence-electron chi connectivity index (χ3n) is 3.74. The molecule has 3 heterocycles. The molecule has 7 nitrogen and oxygen atoms in total. The van der Waals surface area contributed by atoms with Gasteiger partial charge < -0.3 is 9.80 Å². The maximum Gasteiger partial charge on any atom is 0.266 e. The molecule has 116 valence electrons. The zero-order chi connectivity index (χ0) is 15.7. The molecule has 0 aliphatic carbocycles. The zero-order valence-electron chi connectivity index (χ0n) is 13.1. The summed E-state index contributed by atoms with van der Waals surface area (Å²) in [6.07, 6.45) is 1.78. The summed E-state index contributed by atoms with van der Waals surface area (Å²) < 4.78 is 1.56. The number of hydrogen-bond acceptors (Lipinski definition) is 6. The smallest absolute Gasteiger partial charge is 0.266 e. The molecule has 0 saturated carbocycles. The average Bonchev–Trinajstić information content (AvgIpc) is 2.46. The first-order chi connectivity index (χ1) is 10.5. The van der Waals surface area contributed by atoms with E-state index in [1.165, 1.54) is 0 Å². The van der Waals surface area contributed by atoms with Gasteiger partial charge in [-0.1, -0.05) is 0 Å². The molecule has 1 saturated heterocycles. The molecule has 1 fully saturated rings. The second kappa shape index (κ2) is 5.75. The van der Waals surface area contributed by atoms with E-state index in [9.17, 15) is 4.79 Å². The summed E-state index contributed by atoms with van der Waals surface area (Å²) in [7, 11) is 3.85. The molecule has 0 amide bonds. The van der Waals surface area contributed by atoms with Crippen molar-refractivity contribution in [2.75, 3.05) is 37.0 Å². The summed E-state index contributed by atoms with van der Waals surface area (Å²) >= 11 is 0. The van der Waals surface area contributed by atoms with Crippen molar-refractivity contribution in [1.29, 1.82) is 0 Å². The van der Waals surface area contributed by atoms with E-state index in [1.807, 2.05) is 32.0 Å². The minimum Gasteiger partial charge on any atom is -0.356 e. The van der Waals surface area contributed by atoms with Gasteiger partial charge in [0, 0.05) is 45.4 Å². The van der Waals surface area contributed by atoms with Gasteiger partial charge in [-0.2, -0.15) is 10.1 Å². The lowest BCUT2D eigenvalue weighted by Crippen LogP contribution is -2.50. The fourth-order valence-corrected chi connectivity index (χ4v) is 2.53. The molecular formula is C15H20N6O. The highest BCUT2D eigenvalue weighted by Gasteiger charge is 2.28. The van der Waals surface area contributed by atoms with Crippen LogP contribution in [0.15, 0.2) is 29.2 Å². The molecule has 3 rings (SSSR count). The SMILES string of the molecule is Cc1ccc(=O)n(CC2CN(c3ccnc(N(C)C)n3)C2)n1. The molecule has 0 N–H and O–H groups in total. The van der Waals surface area contributed by atoms with Gasteiger partial charge in [0.25, 0.3) is 5.56 Å². The minimum atomic E-state index is -0.0408. The molecule has 2 aromatic heterocycles. The number of nitrogens with zero attached hydrogens (tertiary/aromatic N) is 6. The number of hydrogen-bond donors (Lipinski definition) is 0. The summed E-state index contributed by atoms with van der Waals surface area (Å²) in [6.45, 7) is 4.31. The van der Waals surface area contributed by atoms with E-state index in [0.29, 0.717) is 18.4 Å². The Morgan fingerprint density at radius 3 is 2.77 bits per heavy atom. The molecule has 0 bridgehead atoms. The van der Waals surface area contributed by atoms with E-state index in [-0.39, 0.29) is 5.56 Å². The first-order valence-corrected chi connectivity index (χ1v) is 7.33. The normalized spacial score (nSPS) is 14.8. The summed E-state index contributed by atoms with van der Waals surface area (Å²) in [4.78, 5) is 24.6. The van der Waals surface area contributed by atoms with E-state index < -0.39 is 0 Å². The molecule has 22 heavy (non-hydrogen) atoms. The predicted molar refractivity (Wildman–Crippen MR) is 85.3 cm³/mol. The molecule has 0 unspecified atom stereocenters. The van der Waals surface area contributed by atoms with Gasteiger partial charge in [-0.3, -0.25) is 4.79 Å². The molecule has 1 aliphatic heterocycles. The highest BCUT2D eigenvalue weighted by molar-refractivity contribution is 5.45. The van der Waals surface area contributed by atoms with Gasteiger partial charge in [-0.05, 0) is 19.1 Å². The highest BCUT2D eigenvalue weighted by Crippen LogP contribution is 2.24. The molecule has 1 aliphatic rings. The molecule has 7 heteroatoms. The number of rotatable bonds is 4. The monoisotopic (exact) mass is 300 g/mol. The second-order valence-electron chi connectivity index (χ2n) is 5.88. The molecule has 2 aromatic rings. The van der Waals surface area contributed by atoms with Crippen molar-refractivity contribution in [2.45, 2.75) is 13.5 Å². The van der Waals surface area contributed by atoms with Crippen molar-refractivity contribution in [2.24, 2.45) is 5.92 Å². The third kappa shape index (κ3) is 2.93. The van der Waals surface area contributed by atoms with Crippen molar-refractivity contribution in [3.05, 3.63) is 40.4 Å². The summed E-state index contributed by atoms with van der Waals surface area (Å²) in [5.74, 6) is 2.06. The van der Waals surface area contributed by atoms with Crippen LogP contribution in [-0.4, -0.2) is 46.9 Å². The van der Waals surface area contributed by atoms with Gasteiger partial charge in [-0.25, -0.2) is 9.67 Å². The van der Waals surface area contributed by atoms with E-state index >= 15 is 0 Å². The number of aromatic nitrogens is 4. The average molecular weight is 300 g/mol. The Morgan fingerprint density at radius 1 is 1.27 bits per heavy atom. The lowest BCUT2D eigenvalue weighted by molar-refractivity contribution is 0.332. The summed E-state index contributed by atoms with van der Waals surface area (Å²) in [6, 6.07) is 5.24. The van der Waals surface area contributed by atoms with Gasteiger partial charge in [-0.15, -0.1) is 0 Å². The molecule has 0 aromatic carbocycles. The summed E-state index contributed by atoms with van der Waals surface area (Å²) in [5.41, 5.74) is 0.822. The van der Waals surface area contributed by atoms with Crippen LogP contribution in [-0.2, 0) is 6.54 Å². The van der Waals surface area contributed by atoms with Gasteiger partial charge in [0.2, 0.25) is 5.95 Å². The third-order valence-corrected chi connectivity index (χ3v) is 3.74. The Balaban J connectivity index is 1.63. The molecule has 0 radical (unpaired) electrons. The maximum absolute atomic E-state index is 11.8. The van der Waals surface area contributed by atoms with Crippen LogP contribution >= 0.6 is 0 Å². The standard InChI is InChI=1S/C15H20N6O/c1-11-4-5-14(22)21(18-11)10-12-8-20(9-12)13-6-7-16-15(17-13)19(2)3/h4-7,12H,8-10H2,1-3H3. The lowest BCUT2D eigenvalue weighted by Gasteiger charge is -2.40. The quantitative estimate of drug-likeness (QED) is 0.821. The van der Waals surface area contributed by atoms with Crippen LogP contribution in [0.2, 0.25) is 0 Å². The topological polar surface area (TPSA) is 67.2 Å². The predicted octanol–water partition coefficient (Wildman–Crippen LogP) is 0.544. The van der Waals surface area contributed by atoms with Crippen molar-refractivity contribution >= 4 is 11.8 Å². The minimum absolute atomic E-state index is 0.0408. The Hall–Kier alpha value is -2.44. The van der Waals surface area contributed by atoms with Crippen LogP contribution in [0.5, 0.6) is 0 Å². The van der Waals surface area contributed by atoms with Crippen LogP contribution in [0.3, 0.4) is 0 Å². The molecule has 0 atom stereocenters. The Labute approximate surface area is 129 Å². The van der Waals surface area contributed by atoms with Crippen LogP contribution in [0, 0.1) is 12.8 Å². The second-order valence-corrected chi connectivity index (χ2v) is 5.88. The lowest BCUT2D eigenvalue weighted by atomic mass is 10.0. The van der Waals surface area contributed by atoms with E-state index in [2.05, 4.69) is 20.0 Å². The first kappa shape index (κ1) is 14.5. The Kier molecular flexibility index (Phi) is 3.79. The van der Waals surface area contributed by atoms with Crippen LogP contribution in [0.25, 0.3) is 0 Å². The maximum atomic E-state index is 11.8. The Morgan fingerprint density at radius 2 is 2.05 bits per heavy atom. The van der Waals surface area contributed by atoms with Gasteiger partial charge in [0.05, 0.1) is 12.2 Å². The van der Waals surface area contributed by atoms with Gasteiger partial charge >= 0.3 is 0 Å². The van der Waals surface area contributed by atoms with Crippen molar-refractivity contribution < 1.29 is 0 Å². The largest absolute Gasteiger partial charge is 0.356 e. The van der Waals surface area contributed by atoms with Crippen LogP contribution < -0.4 is 15.4 Å². The van der Waals surface area contributed by atoms with Crippen LogP contribution in [0.1, 0.15) is 5.69 Å². The molecular weight excluding hydrogens is 280 g/mol. The van der Waals surface area contributed by atoms with Crippen molar-refractivity contribution in [3.63, 3.8) is 0 Å². The fourth-order valence-electron chi connectivity index (χ4n) is 2.53. The van der Waals surface area contributed by atoms with Gasteiger partial charge in [0.15, 0.2) is 0 Å². The van der Waals surface area contributed by atoms with Crippen LogP contribution in [0.4, 0.5) is 11.8 Å². The highest BCUT2D eigenvalue weighted by atomic mass is 16.1. The Bertz CT molecular complexity index is 720. The summed E-state index contributed by atoms with van der Waals surface area (Å²) in [5, 5.41) is 4.28. The van der Waals surface area contributed by atoms with E-state index in [1.54, 1.807) is 23.0 Å². The van der Waals surface area contributed by atoms with Gasteiger partial charge in [0.1, 0.15) is 5.82 Å².